The number of amides is 1. The zero-order chi connectivity index (χ0) is 21.0. The molecule has 0 aromatic heterocycles. The standard InChI is InChI=1S/C22H19ClN2O4S/c1-30(27,28)25-12-20(29-19-10-8-15(23)11-18(19)25)22(26)24-17-9-7-14-6-5-13-3-2-4-16(17)21(13)14/h2-4,7-11,20H,5-6,12H2,1H3,(H,24,26)/t20-/m1/s1. The fourth-order valence-corrected chi connectivity index (χ4v) is 5.32. The van der Waals surface area contributed by atoms with Crippen LogP contribution in [0.5, 0.6) is 5.75 Å². The zero-order valence-corrected chi connectivity index (χ0v) is 17.8. The molecule has 0 saturated heterocycles. The summed E-state index contributed by atoms with van der Waals surface area (Å²) in [6.07, 6.45) is 2.11. The number of nitrogens with one attached hydrogen (secondary N) is 1. The van der Waals surface area contributed by atoms with Gasteiger partial charge < -0.3 is 10.1 Å². The lowest BCUT2D eigenvalue weighted by molar-refractivity contribution is -0.122. The normalized spacial score (nSPS) is 17.5. The number of benzene rings is 3. The highest BCUT2D eigenvalue weighted by Gasteiger charge is 2.35. The molecule has 8 heteroatoms. The first kappa shape index (κ1) is 19.2. The minimum atomic E-state index is -3.62. The van der Waals surface area contributed by atoms with E-state index in [2.05, 4.69) is 11.4 Å². The Hall–Kier alpha value is -2.77. The second kappa shape index (κ2) is 6.89. The third-order valence-electron chi connectivity index (χ3n) is 5.62. The zero-order valence-electron chi connectivity index (χ0n) is 16.2. The quantitative estimate of drug-likeness (QED) is 0.670. The van der Waals surface area contributed by atoms with Crippen molar-refractivity contribution in [2.45, 2.75) is 18.9 Å². The first-order valence-electron chi connectivity index (χ1n) is 9.59. The summed E-state index contributed by atoms with van der Waals surface area (Å²) in [6, 6.07) is 14.7. The molecule has 0 unspecified atom stereocenters. The Labute approximate surface area is 179 Å². The monoisotopic (exact) mass is 442 g/mol. The Morgan fingerprint density at radius 1 is 1.13 bits per heavy atom. The number of anilines is 2. The van der Waals surface area contributed by atoms with Crippen molar-refractivity contribution >= 4 is 49.7 Å². The number of carbonyl (C=O) groups excluding carboxylic acids is 1. The number of nitrogens with zero attached hydrogens (tertiary/aromatic N) is 1. The van der Waals surface area contributed by atoms with Crippen molar-refractivity contribution in [1.82, 2.24) is 0 Å². The summed E-state index contributed by atoms with van der Waals surface area (Å²) in [6.45, 7) is -0.126. The largest absolute Gasteiger partial charge is 0.476 e. The molecule has 1 atom stereocenters. The highest BCUT2D eigenvalue weighted by Crippen LogP contribution is 2.38. The molecule has 1 heterocycles. The maximum absolute atomic E-state index is 13.1. The van der Waals surface area contributed by atoms with E-state index >= 15 is 0 Å². The van der Waals surface area contributed by atoms with Gasteiger partial charge in [-0.1, -0.05) is 35.9 Å². The maximum atomic E-state index is 13.1. The van der Waals surface area contributed by atoms with E-state index in [1.807, 2.05) is 24.3 Å². The first-order valence-corrected chi connectivity index (χ1v) is 11.8. The molecule has 154 valence electrons. The second-order valence-corrected chi connectivity index (χ2v) is 9.96. The molecule has 3 aromatic carbocycles. The van der Waals surface area contributed by atoms with Gasteiger partial charge in [-0.05, 0) is 53.6 Å². The van der Waals surface area contributed by atoms with Crippen LogP contribution in [-0.4, -0.2) is 33.2 Å². The van der Waals surface area contributed by atoms with E-state index in [-0.39, 0.29) is 6.54 Å². The van der Waals surface area contributed by atoms with Gasteiger partial charge in [-0.3, -0.25) is 9.10 Å². The minimum Gasteiger partial charge on any atom is -0.476 e. The summed E-state index contributed by atoms with van der Waals surface area (Å²) in [5, 5.41) is 5.51. The number of aryl methyl sites for hydroxylation is 2. The van der Waals surface area contributed by atoms with Crippen LogP contribution in [0.3, 0.4) is 0 Å². The van der Waals surface area contributed by atoms with Gasteiger partial charge in [0, 0.05) is 16.1 Å². The Morgan fingerprint density at radius 3 is 2.67 bits per heavy atom. The van der Waals surface area contributed by atoms with Crippen molar-refractivity contribution in [2.24, 2.45) is 0 Å². The molecule has 30 heavy (non-hydrogen) atoms. The van der Waals surface area contributed by atoms with Crippen molar-refractivity contribution in [1.29, 1.82) is 0 Å². The number of sulfonamides is 1. The van der Waals surface area contributed by atoms with Gasteiger partial charge in [0.15, 0.2) is 6.10 Å². The van der Waals surface area contributed by atoms with Gasteiger partial charge >= 0.3 is 0 Å². The maximum Gasteiger partial charge on any atom is 0.267 e. The molecule has 1 aliphatic heterocycles. The first-order chi connectivity index (χ1) is 14.3. The average molecular weight is 443 g/mol. The fraction of sp³-hybridized carbons (Fsp3) is 0.227. The lowest BCUT2D eigenvalue weighted by atomic mass is 10.0. The van der Waals surface area contributed by atoms with Crippen LogP contribution >= 0.6 is 11.6 Å². The summed E-state index contributed by atoms with van der Waals surface area (Å²) >= 11 is 6.03. The second-order valence-electron chi connectivity index (χ2n) is 7.61. The van der Waals surface area contributed by atoms with E-state index in [1.165, 1.54) is 22.6 Å². The lowest BCUT2D eigenvalue weighted by Crippen LogP contribution is -2.48. The molecule has 1 amide bonds. The third kappa shape index (κ3) is 3.18. The smallest absolute Gasteiger partial charge is 0.267 e. The predicted molar refractivity (Wildman–Crippen MR) is 118 cm³/mol. The Kier molecular flexibility index (Phi) is 4.41. The average Bonchev–Trinajstić information content (AvgIpc) is 3.13. The van der Waals surface area contributed by atoms with Crippen LogP contribution in [0.25, 0.3) is 10.8 Å². The van der Waals surface area contributed by atoms with Crippen molar-refractivity contribution in [3.8, 4) is 5.75 Å². The number of carbonyl (C=O) groups is 1. The molecule has 1 N–H and O–H groups in total. The van der Waals surface area contributed by atoms with Gasteiger partial charge in [-0.15, -0.1) is 0 Å². The SMILES string of the molecule is CS(=O)(=O)N1C[C@H](C(=O)Nc2ccc3c4c(cccc24)CC3)Oc2ccc(Cl)cc21. The van der Waals surface area contributed by atoms with Crippen molar-refractivity contribution < 1.29 is 17.9 Å². The number of hydrogen-bond acceptors (Lipinski definition) is 4. The Balaban J connectivity index is 1.48. The lowest BCUT2D eigenvalue weighted by Gasteiger charge is -2.34. The highest BCUT2D eigenvalue weighted by molar-refractivity contribution is 7.92. The minimum absolute atomic E-state index is 0.126. The number of halogens is 1. The molecule has 0 fully saturated rings. The number of fused-ring (bicyclic) bond motifs is 1. The van der Waals surface area contributed by atoms with Gasteiger partial charge in [-0.2, -0.15) is 0 Å². The van der Waals surface area contributed by atoms with Gasteiger partial charge in [-0.25, -0.2) is 8.42 Å². The number of rotatable bonds is 3. The van der Waals surface area contributed by atoms with E-state index in [0.717, 1.165) is 28.8 Å². The topological polar surface area (TPSA) is 75.7 Å². The van der Waals surface area contributed by atoms with Gasteiger partial charge in [0.2, 0.25) is 10.0 Å². The number of hydrogen-bond donors (Lipinski definition) is 1. The van der Waals surface area contributed by atoms with Crippen LogP contribution in [0.2, 0.25) is 5.02 Å². The van der Waals surface area contributed by atoms with Crippen molar-refractivity contribution in [3.63, 3.8) is 0 Å². The molecule has 0 bridgehead atoms. The molecular weight excluding hydrogens is 424 g/mol. The van der Waals surface area contributed by atoms with E-state index in [0.29, 0.717) is 22.1 Å². The van der Waals surface area contributed by atoms with E-state index in [1.54, 1.807) is 12.1 Å². The Morgan fingerprint density at radius 2 is 1.90 bits per heavy atom. The third-order valence-corrected chi connectivity index (χ3v) is 7.00. The molecule has 3 aromatic rings. The number of ether oxygens (including phenoxy) is 1. The van der Waals surface area contributed by atoms with E-state index < -0.39 is 22.0 Å². The van der Waals surface area contributed by atoms with E-state index in [9.17, 15) is 13.2 Å². The molecule has 0 spiro atoms. The molecule has 6 nitrogen and oxygen atoms in total. The molecule has 1 aliphatic carbocycles. The highest BCUT2D eigenvalue weighted by atomic mass is 35.5. The predicted octanol–water partition coefficient (Wildman–Crippen LogP) is 3.76. The summed E-state index contributed by atoms with van der Waals surface area (Å²) in [7, 11) is -3.62. The van der Waals surface area contributed by atoms with Crippen LogP contribution in [0.4, 0.5) is 11.4 Å². The summed E-state index contributed by atoms with van der Waals surface area (Å²) < 4.78 is 31.7. The molecule has 0 saturated carbocycles. The van der Waals surface area contributed by atoms with Gasteiger partial charge in [0.05, 0.1) is 18.5 Å². The van der Waals surface area contributed by atoms with Gasteiger partial charge in [0.1, 0.15) is 5.75 Å². The summed E-state index contributed by atoms with van der Waals surface area (Å²) in [4.78, 5) is 13.1. The van der Waals surface area contributed by atoms with Crippen molar-refractivity contribution in [2.75, 3.05) is 22.4 Å². The molecular formula is C22H19ClN2O4S. The molecule has 5 rings (SSSR count). The van der Waals surface area contributed by atoms with Gasteiger partial charge in [0.25, 0.3) is 5.91 Å². The van der Waals surface area contributed by atoms with E-state index in [4.69, 9.17) is 16.3 Å². The summed E-state index contributed by atoms with van der Waals surface area (Å²) in [5.74, 6) is -0.0976. The molecule has 2 aliphatic rings. The summed E-state index contributed by atoms with van der Waals surface area (Å²) in [5.41, 5.74) is 3.58. The van der Waals surface area contributed by atoms with Crippen LogP contribution in [0.1, 0.15) is 11.1 Å². The van der Waals surface area contributed by atoms with Crippen molar-refractivity contribution in [3.05, 3.63) is 64.7 Å². The van der Waals surface area contributed by atoms with Crippen LogP contribution in [-0.2, 0) is 27.7 Å². The molecule has 0 radical (unpaired) electrons. The van der Waals surface area contributed by atoms with Crippen LogP contribution in [0.15, 0.2) is 48.5 Å². The van der Waals surface area contributed by atoms with Crippen LogP contribution in [0, 0.1) is 0 Å². The van der Waals surface area contributed by atoms with Crippen LogP contribution < -0.4 is 14.4 Å². The Bertz CT molecular complexity index is 1300. The fourth-order valence-electron chi connectivity index (χ4n) is 4.24.